The van der Waals surface area contributed by atoms with Crippen LogP contribution in [0.3, 0.4) is 0 Å². The van der Waals surface area contributed by atoms with Gasteiger partial charge in [0.25, 0.3) is 5.91 Å². The lowest BCUT2D eigenvalue weighted by atomic mass is 10.2. The molecule has 1 fully saturated rings. The van der Waals surface area contributed by atoms with Gasteiger partial charge in [-0.3, -0.25) is 14.6 Å². The van der Waals surface area contributed by atoms with Crippen molar-refractivity contribution in [2.45, 2.75) is 20.4 Å². The molecular weight excluding hydrogens is 332 g/mol. The van der Waals surface area contributed by atoms with Crippen molar-refractivity contribution in [3.63, 3.8) is 0 Å². The molecule has 1 aliphatic rings. The van der Waals surface area contributed by atoms with Crippen LogP contribution in [-0.2, 0) is 11.3 Å². The molecule has 0 spiro atoms. The average molecular weight is 354 g/mol. The zero-order chi connectivity index (χ0) is 18.5. The number of hydrogen-bond acceptors (Lipinski definition) is 6. The number of piperazine rings is 1. The number of anilines is 1. The molecule has 1 N–H and O–H groups in total. The second-order valence-corrected chi connectivity index (χ2v) is 6.19. The van der Waals surface area contributed by atoms with Gasteiger partial charge in [-0.25, -0.2) is 9.97 Å². The van der Waals surface area contributed by atoms with E-state index in [1.165, 1.54) is 0 Å². The summed E-state index contributed by atoms with van der Waals surface area (Å²) in [6.45, 7) is 6.45. The number of aryl methyl sites for hydroxylation is 1. The van der Waals surface area contributed by atoms with E-state index in [1.807, 2.05) is 17.0 Å². The van der Waals surface area contributed by atoms with E-state index in [4.69, 9.17) is 0 Å². The lowest BCUT2D eigenvalue weighted by Crippen LogP contribution is -2.48. The zero-order valence-electron chi connectivity index (χ0n) is 15.0. The molecule has 0 saturated carbocycles. The Hall–Kier alpha value is -3.03. The second-order valence-electron chi connectivity index (χ2n) is 6.19. The Labute approximate surface area is 152 Å². The number of amides is 2. The molecule has 1 aliphatic heterocycles. The lowest BCUT2D eigenvalue weighted by Gasteiger charge is -2.35. The van der Waals surface area contributed by atoms with Gasteiger partial charge in [0.05, 0.1) is 0 Å². The molecular formula is C18H22N6O2. The van der Waals surface area contributed by atoms with Crippen LogP contribution in [0.5, 0.6) is 0 Å². The first-order valence-electron chi connectivity index (χ1n) is 8.56. The molecule has 0 aromatic carbocycles. The summed E-state index contributed by atoms with van der Waals surface area (Å²) in [4.78, 5) is 40.5. The molecule has 3 rings (SSSR count). The van der Waals surface area contributed by atoms with Gasteiger partial charge in [-0.2, -0.15) is 0 Å². The molecule has 8 heteroatoms. The summed E-state index contributed by atoms with van der Waals surface area (Å²) in [5, 5.41) is 2.87. The summed E-state index contributed by atoms with van der Waals surface area (Å²) in [5.74, 6) is 1.11. The standard InChI is InChI=1S/C18H22N6O2/c1-13-21-16(18(26)20-12-15-3-5-19-6-4-15)11-17(22-13)24-9-7-23(8-10-24)14(2)25/h3-6,11H,7-10,12H2,1-2H3,(H,20,26). The molecule has 0 unspecified atom stereocenters. The van der Waals surface area contributed by atoms with E-state index in [-0.39, 0.29) is 11.8 Å². The predicted octanol–water partition coefficient (Wildman–Crippen LogP) is 0.779. The van der Waals surface area contributed by atoms with E-state index < -0.39 is 0 Å². The first-order valence-corrected chi connectivity index (χ1v) is 8.56. The van der Waals surface area contributed by atoms with E-state index in [9.17, 15) is 9.59 Å². The zero-order valence-corrected chi connectivity index (χ0v) is 15.0. The van der Waals surface area contributed by atoms with Gasteiger partial charge >= 0.3 is 0 Å². The number of hydrogen-bond donors (Lipinski definition) is 1. The Balaban J connectivity index is 1.67. The van der Waals surface area contributed by atoms with Crippen molar-refractivity contribution in [2.75, 3.05) is 31.1 Å². The summed E-state index contributed by atoms with van der Waals surface area (Å²) >= 11 is 0. The molecule has 2 amide bonds. The van der Waals surface area contributed by atoms with Crippen LogP contribution in [0.15, 0.2) is 30.6 Å². The molecule has 3 heterocycles. The quantitative estimate of drug-likeness (QED) is 0.872. The third-order valence-electron chi connectivity index (χ3n) is 4.31. The molecule has 26 heavy (non-hydrogen) atoms. The molecule has 0 aliphatic carbocycles. The highest BCUT2D eigenvalue weighted by atomic mass is 16.2. The number of nitrogens with one attached hydrogen (secondary N) is 1. The number of nitrogens with zero attached hydrogens (tertiary/aromatic N) is 5. The van der Waals surface area contributed by atoms with Crippen LogP contribution in [0.1, 0.15) is 28.8 Å². The number of carbonyl (C=O) groups is 2. The summed E-state index contributed by atoms with van der Waals surface area (Å²) < 4.78 is 0. The van der Waals surface area contributed by atoms with Crippen LogP contribution in [0.2, 0.25) is 0 Å². The van der Waals surface area contributed by atoms with Crippen molar-refractivity contribution in [3.05, 3.63) is 47.7 Å². The molecule has 136 valence electrons. The van der Waals surface area contributed by atoms with Crippen molar-refractivity contribution >= 4 is 17.6 Å². The largest absolute Gasteiger partial charge is 0.353 e. The third kappa shape index (κ3) is 4.33. The van der Waals surface area contributed by atoms with Crippen LogP contribution < -0.4 is 10.2 Å². The first-order chi connectivity index (χ1) is 12.5. The van der Waals surface area contributed by atoms with Gasteiger partial charge in [-0.05, 0) is 24.6 Å². The van der Waals surface area contributed by atoms with Crippen molar-refractivity contribution < 1.29 is 9.59 Å². The van der Waals surface area contributed by atoms with E-state index in [2.05, 4.69) is 25.2 Å². The second kappa shape index (κ2) is 7.90. The first kappa shape index (κ1) is 17.8. The Morgan fingerprint density at radius 1 is 1.12 bits per heavy atom. The fourth-order valence-electron chi connectivity index (χ4n) is 2.85. The van der Waals surface area contributed by atoms with Gasteiger partial charge in [0.15, 0.2) is 0 Å². The van der Waals surface area contributed by atoms with Crippen molar-refractivity contribution in [2.24, 2.45) is 0 Å². The molecule has 0 bridgehead atoms. The van der Waals surface area contributed by atoms with Crippen LogP contribution in [0, 0.1) is 6.92 Å². The van der Waals surface area contributed by atoms with Gasteiger partial charge < -0.3 is 15.1 Å². The topological polar surface area (TPSA) is 91.3 Å². The van der Waals surface area contributed by atoms with E-state index in [1.54, 1.807) is 32.3 Å². The maximum absolute atomic E-state index is 12.5. The van der Waals surface area contributed by atoms with Gasteiger partial charge in [0, 0.05) is 58.1 Å². The average Bonchev–Trinajstić information content (AvgIpc) is 2.66. The molecule has 0 radical (unpaired) electrons. The van der Waals surface area contributed by atoms with Gasteiger partial charge in [0.2, 0.25) is 5.91 Å². The smallest absolute Gasteiger partial charge is 0.270 e. The fourth-order valence-corrected chi connectivity index (χ4v) is 2.85. The molecule has 8 nitrogen and oxygen atoms in total. The van der Waals surface area contributed by atoms with E-state index in [0.29, 0.717) is 44.2 Å². The Bertz CT molecular complexity index is 788. The maximum Gasteiger partial charge on any atom is 0.270 e. The highest BCUT2D eigenvalue weighted by Gasteiger charge is 2.21. The number of rotatable bonds is 4. The third-order valence-corrected chi connectivity index (χ3v) is 4.31. The monoisotopic (exact) mass is 354 g/mol. The number of aromatic nitrogens is 3. The normalized spacial score (nSPS) is 14.2. The van der Waals surface area contributed by atoms with Crippen LogP contribution in [0.25, 0.3) is 0 Å². The molecule has 0 atom stereocenters. The number of pyridine rings is 1. The van der Waals surface area contributed by atoms with Gasteiger partial charge in [-0.1, -0.05) is 0 Å². The van der Waals surface area contributed by atoms with Crippen molar-refractivity contribution in [3.8, 4) is 0 Å². The Morgan fingerprint density at radius 3 is 2.46 bits per heavy atom. The van der Waals surface area contributed by atoms with Crippen LogP contribution >= 0.6 is 0 Å². The number of carbonyl (C=O) groups excluding carboxylic acids is 2. The van der Waals surface area contributed by atoms with E-state index in [0.717, 1.165) is 11.4 Å². The minimum atomic E-state index is -0.240. The summed E-state index contributed by atoms with van der Waals surface area (Å²) in [5.41, 5.74) is 1.32. The Kier molecular flexibility index (Phi) is 5.40. The molecule has 2 aromatic rings. The Morgan fingerprint density at radius 2 is 1.81 bits per heavy atom. The van der Waals surface area contributed by atoms with Crippen LogP contribution in [-0.4, -0.2) is 57.8 Å². The minimum absolute atomic E-state index is 0.0831. The lowest BCUT2D eigenvalue weighted by molar-refractivity contribution is -0.129. The highest BCUT2D eigenvalue weighted by Crippen LogP contribution is 2.15. The summed E-state index contributed by atoms with van der Waals surface area (Å²) in [6.07, 6.45) is 3.38. The minimum Gasteiger partial charge on any atom is -0.353 e. The highest BCUT2D eigenvalue weighted by molar-refractivity contribution is 5.92. The van der Waals surface area contributed by atoms with Gasteiger partial charge in [0.1, 0.15) is 17.3 Å². The summed E-state index contributed by atoms with van der Waals surface area (Å²) in [7, 11) is 0. The fraction of sp³-hybridized carbons (Fsp3) is 0.389. The van der Waals surface area contributed by atoms with Crippen molar-refractivity contribution in [1.82, 2.24) is 25.2 Å². The molecule has 2 aromatic heterocycles. The van der Waals surface area contributed by atoms with Gasteiger partial charge in [-0.15, -0.1) is 0 Å². The predicted molar refractivity (Wildman–Crippen MR) is 96.6 cm³/mol. The SMILES string of the molecule is CC(=O)N1CCN(c2cc(C(=O)NCc3ccncc3)nc(C)n2)CC1. The summed E-state index contributed by atoms with van der Waals surface area (Å²) in [6, 6.07) is 5.41. The van der Waals surface area contributed by atoms with Crippen LogP contribution in [0.4, 0.5) is 5.82 Å². The molecule has 1 saturated heterocycles. The maximum atomic E-state index is 12.5. The van der Waals surface area contributed by atoms with E-state index >= 15 is 0 Å². The van der Waals surface area contributed by atoms with Crippen molar-refractivity contribution in [1.29, 1.82) is 0 Å².